The number of carbonyl (C=O) groups excluding carboxylic acids is 1. The van der Waals surface area contributed by atoms with E-state index in [9.17, 15) is 4.79 Å². The van der Waals surface area contributed by atoms with Crippen LogP contribution in [0.25, 0.3) is 0 Å². The summed E-state index contributed by atoms with van der Waals surface area (Å²) in [5.41, 5.74) is 0.793. The average molecular weight is 240 g/mol. The molecule has 5 nitrogen and oxygen atoms in total. The third-order valence-corrected chi connectivity index (χ3v) is 3.54. The molecule has 1 unspecified atom stereocenters. The number of rotatable bonds is 4. The van der Waals surface area contributed by atoms with E-state index in [0.717, 1.165) is 25.1 Å². The largest absolute Gasteiger partial charge is 0.350 e. The summed E-state index contributed by atoms with van der Waals surface area (Å²) in [6.45, 7) is 3.73. The van der Waals surface area contributed by atoms with Crippen LogP contribution in [0.3, 0.4) is 0 Å². The first kappa shape index (κ1) is 11.5. The number of hydrogen-bond donors (Lipinski definition) is 2. The van der Waals surface area contributed by atoms with Crippen molar-refractivity contribution in [1.82, 2.24) is 20.2 Å². The lowest BCUT2D eigenvalue weighted by atomic mass is 10.2. The quantitative estimate of drug-likeness (QED) is 0.808. The fraction of sp³-hybridized carbons (Fsp3) is 0.700. The molecule has 0 radical (unpaired) electrons. The number of hydrogen-bond acceptors (Lipinski definition) is 5. The fourth-order valence-electron chi connectivity index (χ4n) is 1.84. The zero-order valence-corrected chi connectivity index (χ0v) is 10.1. The summed E-state index contributed by atoms with van der Waals surface area (Å²) < 4.78 is 3.81. The van der Waals surface area contributed by atoms with Crippen molar-refractivity contribution in [1.29, 1.82) is 0 Å². The van der Waals surface area contributed by atoms with Gasteiger partial charge in [0, 0.05) is 12.6 Å². The molecule has 0 bridgehead atoms. The summed E-state index contributed by atoms with van der Waals surface area (Å²) in [4.78, 5) is 12.5. The summed E-state index contributed by atoms with van der Waals surface area (Å²) in [6, 6.07) is 0.426. The second-order valence-corrected chi connectivity index (χ2v) is 4.66. The van der Waals surface area contributed by atoms with E-state index in [-0.39, 0.29) is 5.91 Å². The Kier molecular flexibility index (Phi) is 3.84. The van der Waals surface area contributed by atoms with Gasteiger partial charge in [-0.3, -0.25) is 4.79 Å². The van der Waals surface area contributed by atoms with E-state index in [1.165, 1.54) is 18.0 Å². The highest BCUT2D eigenvalue weighted by molar-refractivity contribution is 7.08. The first-order valence-electron chi connectivity index (χ1n) is 5.64. The number of nitrogens with one attached hydrogen (secondary N) is 2. The SMILES string of the molecule is CCc1nnsc1C(=O)NCC1CCCN1. The summed E-state index contributed by atoms with van der Waals surface area (Å²) in [7, 11) is 0. The molecule has 16 heavy (non-hydrogen) atoms. The molecular weight excluding hydrogens is 224 g/mol. The zero-order valence-electron chi connectivity index (χ0n) is 9.32. The van der Waals surface area contributed by atoms with Crippen LogP contribution in [0.1, 0.15) is 35.1 Å². The maximum absolute atomic E-state index is 11.8. The molecule has 0 aliphatic carbocycles. The van der Waals surface area contributed by atoms with Gasteiger partial charge < -0.3 is 10.6 Å². The molecule has 0 saturated carbocycles. The Morgan fingerprint density at radius 3 is 3.25 bits per heavy atom. The molecule has 1 fully saturated rings. The molecule has 6 heteroatoms. The van der Waals surface area contributed by atoms with Crippen molar-refractivity contribution in [2.24, 2.45) is 0 Å². The van der Waals surface area contributed by atoms with E-state index >= 15 is 0 Å². The second-order valence-electron chi connectivity index (χ2n) is 3.91. The van der Waals surface area contributed by atoms with Crippen molar-refractivity contribution in [3.8, 4) is 0 Å². The molecule has 2 heterocycles. The Hall–Kier alpha value is -1.01. The predicted octanol–water partition coefficient (Wildman–Crippen LogP) is 0.582. The number of aromatic nitrogens is 2. The molecule has 1 aromatic heterocycles. The van der Waals surface area contributed by atoms with E-state index in [1.54, 1.807) is 0 Å². The number of nitrogens with zero attached hydrogens (tertiary/aromatic N) is 2. The minimum absolute atomic E-state index is 0.0412. The lowest BCUT2D eigenvalue weighted by Crippen LogP contribution is -2.37. The lowest BCUT2D eigenvalue weighted by Gasteiger charge is -2.10. The highest BCUT2D eigenvalue weighted by Crippen LogP contribution is 2.11. The van der Waals surface area contributed by atoms with Crippen LogP contribution in [-0.4, -0.2) is 34.6 Å². The van der Waals surface area contributed by atoms with Gasteiger partial charge in [0.05, 0.1) is 5.69 Å². The molecule has 1 atom stereocenters. The van der Waals surface area contributed by atoms with Crippen LogP contribution in [0.15, 0.2) is 0 Å². The first-order valence-corrected chi connectivity index (χ1v) is 6.41. The maximum Gasteiger partial charge on any atom is 0.265 e. The highest BCUT2D eigenvalue weighted by atomic mass is 32.1. The van der Waals surface area contributed by atoms with Crippen molar-refractivity contribution >= 4 is 17.4 Å². The van der Waals surface area contributed by atoms with Crippen LogP contribution in [0, 0.1) is 0 Å². The smallest absolute Gasteiger partial charge is 0.265 e. The second kappa shape index (κ2) is 5.36. The molecule has 0 spiro atoms. The minimum Gasteiger partial charge on any atom is -0.350 e. The van der Waals surface area contributed by atoms with Gasteiger partial charge in [0.15, 0.2) is 0 Å². The molecule has 88 valence electrons. The summed E-state index contributed by atoms with van der Waals surface area (Å²) >= 11 is 1.17. The van der Waals surface area contributed by atoms with Gasteiger partial charge in [0.1, 0.15) is 4.88 Å². The Labute approximate surface area is 98.8 Å². The number of carbonyl (C=O) groups is 1. The van der Waals surface area contributed by atoms with Gasteiger partial charge in [-0.05, 0) is 37.3 Å². The van der Waals surface area contributed by atoms with Gasteiger partial charge in [0.2, 0.25) is 0 Å². The zero-order chi connectivity index (χ0) is 11.4. The number of amides is 1. The van der Waals surface area contributed by atoms with Gasteiger partial charge in [0.25, 0.3) is 5.91 Å². The highest BCUT2D eigenvalue weighted by Gasteiger charge is 2.18. The Balaban J connectivity index is 1.87. The van der Waals surface area contributed by atoms with Crippen molar-refractivity contribution in [2.75, 3.05) is 13.1 Å². The molecule has 1 saturated heterocycles. The van der Waals surface area contributed by atoms with Crippen LogP contribution in [0.4, 0.5) is 0 Å². The molecular formula is C10H16N4OS. The van der Waals surface area contributed by atoms with E-state index in [0.29, 0.717) is 17.5 Å². The minimum atomic E-state index is -0.0412. The van der Waals surface area contributed by atoms with Gasteiger partial charge in [-0.25, -0.2) is 0 Å². The van der Waals surface area contributed by atoms with Gasteiger partial charge in [-0.2, -0.15) is 0 Å². The Morgan fingerprint density at radius 2 is 2.56 bits per heavy atom. The van der Waals surface area contributed by atoms with Crippen LogP contribution in [0.2, 0.25) is 0 Å². The molecule has 2 rings (SSSR count). The first-order chi connectivity index (χ1) is 7.81. The van der Waals surface area contributed by atoms with Crippen molar-refractivity contribution < 1.29 is 4.79 Å². The van der Waals surface area contributed by atoms with E-state index in [2.05, 4.69) is 20.2 Å². The molecule has 2 N–H and O–H groups in total. The predicted molar refractivity (Wildman–Crippen MR) is 62.6 cm³/mol. The fourth-order valence-corrected chi connectivity index (χ4v) is 2.51. The van der Waals surface area contributed by atoms with E-state index < -0.39 is 0 Å². The third-order valence-electron chi connectivity index (χ3n) is 2.77. The average Bonchev–Trinajstić information content (AvgIpc) is 2.96. The van der Waals surface area contributed by atoms with Gasteiger partial charge in [-0.1, -0.05) is 11.4 Å². The van der Waals surface area contributed by atoms with Crippen molar-refractivity contribution in [2.45, 2.75) is 32.2 Å². The van der Waals surface area contributed by atoms with Crippen molar-refractivity contribution in [3.05, 3.63) is 10.6 Å². The van der Waals surface area contributed by atoms with Crippen LogP contribution in [0.5, 0.6) is 0 Å². The van der Waals surface area contributed by atoms with Crippen LogP contribution in [-0.2, 0) is 6.42 Å². The van der Waals surface area contributed by atoms with Gasteiger partial charge >= 0.3 is 0 Å². The van der Waals surface area contributed by atoms with Crippen LogP contribution >= 0.6 is 11.5 Å². The Bertz CT molecular complexity index is 359. The standard InChI is InChI=1S/C10H16N4OS/c1-2-8-9(16-14-13-8)10(15)12-6-7-4-3-5-11-7/h7,11H,2-6H2,1H3,(H,12,15). The summed E-state index contributed by atoms with van der Waals surface area (Å²) in [5.74, 6) is -0.0412. The molecule has 1 aromatic rings. The van der Waals surface area contributed by atoms with Crippen molar-refractivity contribution in [3.63, 3.8) is 0 Å². The van der Waals surface area contributed by atoms with Gasteiger partial charge in [-0.15, -0.1) is 5.10 Å². The number of aryl methyl sites for hydroxylation is 1. The summed E-state index contributed by atoms with van der Waals surface area (Å²) in [6.07, 6.45) is 3.09. The maximum atomic E-state index is 11.8. The van der Waals surface area contributed by atoms with E-state index in [1.807, 2.05) is 6.92 Å². The molecule has 0 aromatic carbocycles. The van der Waals surface area contributed by atoms with E-state index in [4.69, 9.17) is 0 Å². The Morgan fingerprint density at radius 1 is 1.69 bits per heavy atom. The normalized spacial score (nSPS) is 19.9. The monoisotopic (exact) mass is 240 g/mol. The topological polar surface area (TPSA) is 66.9 Å². The summed E-state index contributed by atoms with van der Waals surface area (Å²) in [5, 5.41) is 10.2. The van der Waals surface area contributed by atoms with Crippen LogP contribution < -0.4 is 10.6 Å². The lowest BCUT2D eigenvalue weighted by molar-refractivity contribution is 0.0953. The molecule has 1 aliphatic rings. The molecule has 1 aliphatic heterocycles. The molecule has 1 amide bonds. The third kappa shape index (κ3) is 2.56.